The first-order valence-electron chi connectivity index (χ1n) is 12.5. The number of amides is 2. The average molecular weight is 496 g/mol. The third-order valence-corrected chi connectivity index (χ3v) is 7.20. The molecule has 2 aromatic rings. The van der Waals surface area contributed by atoms with Gasteiger partial charge in [0, 0.05) is 44.4 Å². The fourth-order valence-electron chi connectivity index (χ4n) is 5.25. The van der Waals surface area contributed by atoms with Crippen LogP contribution < -0.4 is 24.3 Å². The van der Waals surface area contributed by atoms with Crippen molar-refractivity contribution in [3.63, 3.8) is 0 Å². The molecule has 9 nitrogen and oxygen atoms in total. The number of likely N-dealkylation sites (tertiary alicyclic amines) is 1. The van der Waals surface area contributed by atoms with Crippen LogP contribution in [0.15, 0.2) is 30.3 Å². The molecule has 5 rings (SSSR count). The molecule has 0 radical (unpaired) electrons. The minimum atomic E-state index is -0.0562. The molecule has 0 unspecified atom stereocenters. The normalized spacial score (nSPS) is 18.9. The quantitative estimate of drug-likeness (QED) is 0.632. The van der Waals surface area contributed by atoms with Crippen LogP contribution in [0.5, 0.6) is 23.0 Å². The third kappa shape index (κ3) is 5.21. The van der Waals surface area contributed by atoms with Crippen LogP contribution >= 0.6 is 0 Å². The largest absolute Gasteiger partial charge is 0.493 e. The maximum absolute atomic E-state index is 13.4. The lowest BCUT2D eigenvalue weighted by molar-refractivity contribution is -0.138. The van der Waals surface area contributed by atoms with Gasteiger partial charge in [-0.1, -0.05) is 0 Å². The molecule has 3 heterocycles. The Morgan fingerprint density at radius 1 is 1.03 bits per heavy atom. The first kappa shape index (κ1) is 24.2. The Morgan fingerprint density at radius 3 is 2.61 bits per heavy atom. The SMILES string of the molecule is COc1cc2c(cc1OC)CN(C(=O)[C@H]1CCCN(CCC(=O)Nc3ccc4c(c3)OCO4)C1)CC2. The molecule has 192 valence electrons. The molecular formula is C27H33N3O6. The lowest BCUT2D eigenvalue weighted by atomic mass is 9.93. The molecule has 1 saturated heterocycles. The van der Waals surface area contributed by atoms with Crippen molar-refractivity contribution in [3.8, 4) is 23.0 Å². The van der Waals surface area contributed by atoms with Gasteiger partial charge in [-0.3, -0.25) is 9.59 Å². The number of benzene rings is 2. The zero-order valence-corrected chi connectivity index (χ0v) is 20.9. The summed E-state index contributed by atoms with van der Waals surface area (Å²) < 4.78 is 21.6. The van der Waals surface area contributed by atoms with Gasteiger partial charge in [0.25, 0.3) is 0 Å². The lowest BCUT2D eigenvalue weighted by Gasteiger charge is -2.36. The fraction of sp³-hybridized carbons (Fsp3) is 0.481. The lowest BCUT2D eigenvalue weighted by Crippen LogP contribution is -2.46. The predicted molar refractivity (Wildman–Crippen MR) is 134 cm³/mol. The van der Waals surface area contributed by atoms with E-state index in [1.165, 1.54) is 5.56 Å². The Bertz CT molecular complexity index is 1140. The maximum atomic E-state index is 13.4. The molecule has 0 aromatic heterocycles. The maximum Gasteiger partial charge on any atom is 0.231 e. The van der Waals surface area contributed by atoms with Crippen molar-refractivity contribution in [3.05, 3.63) is 41.5 Å². The van der Waals surface area contributed by atoms with Gasteiger partial charge in [0.15, 0.2) is 23.0 Å². The number of methoxy groups -OCH3 is 2. The Labute approximate surface area is 211 Å². The van der Waals surface area contributed by atoms with Crippen molar-refractivity contribution in [1.29, 1.82) is 0 Å². The molecule has 1 fully saturated rings. The molecule has 36 heavy (non-hydrogen) atoms. The van der Waals surface area contributed by atoms with Crippen LogP contribution in [0.4, 0.5) is 5.69 Å². The van der Waals surface area contributed by atoms with Gasteiger partial charge in [0.05, 0.1) is 20.1 Å². The van der Waals surface area contributed by atoms with E-state index in [-0.39, 0.29) is 24.5 Å². The second-order valence-electron chi connectivity index (χ2n) is 9.49. The molecule has 0 saturated carbocycles. The molecule has 9 heteroatoms. The van der Waals surface area contributed by atoms with Crippen LogP contribution in [-0.2, 0) is 22.6 Å². The number of ether oxygens (including phenoxy) is 4. The molecule has 2 aromatic carbocycles. The van der Waals surface area contributed by atoms with Gasteiger partial charge in [0.2, 0.25) is 18.6 Å². The van der Waals surface area contributed by atoms with Crippen LogP contribution in [-0.4, -0.2) is 68.8 Å². The van der Waals surface area contributed by atoms with Gasteiger partial charge in [-0.2, -0.15) is 0 Å². The van der Waals surface area contributed by atoms with Crippen molar-refractivity contribution in [2.75, 3.05) is 52.5 Å². The van der Waals surface area contributed by atoms with E-state index in [9.17, 15) is 9.59 Å². The van der Waals surface area contributed by atoms with Gasteiger partial charge in [-0.05, 0) is 61.2 Å². The highest BCUT2D eigenvalue weighted by Crippen LogP contribution is 2.35. The molecular weight excluding hydrogens is 462 g/mol. The second-order valence-corrected chi connectivity index (χ2v) is 9.49. The van der Waals surface area contributed by atoms with Gasteiger partial charge >= 0.3 is 0 Å². The monoisotopic (exact) mass is 495 g/mol. The Morgan fingerprint density at radius 2 is 1.81 bits per heavy atom. The summed E-state index contributed by atoms with van der Waals surface area (Å²) in [6.45, 7) is 3.71. The smallest absolute Gasteiger partial charge is 0.231 e. The molecule has 3 aliphatic rings. The highest BCUT2D eigenvalue weighted by molar-refractivity contribution is 5.91. The van der Waals surface area contributed by atoms with E-state index in [0.717, 1.165) is 37.1 Å². The summed E-state index contributed by atoms with van der Waals surface area (Å²) in [7, 11) is 3.26. The van der Waals surface area contributed by atoms with E-state index in [4.69, 9.17) is 18.9 Å². The van der Waals surface area contributed by atoms with Crippen LogP contribution in [0.2, 0.25) is 0 Å². The van der Waals surface area contributed by atoms with Crippen molar-refractivity contribution < 1.29 is 28.5 Å². The van der Waals surface area contributed by atoms with Crippen LogP contribution in [0, 0.1) is 5.92 Å². The average Bonchev–Trinajstić information content (AvgIpc) is 3.38. The van der Waals surface area contributed by atoms with E-state index < -0.39 is 0 Å². The summed E-state index contributed by atoms with van der Waals surface area (Å²) in [5.74, 6) is 2.84. The van der Waals surface area contributed by atoms with Crippen LogP contribution in [0.1, 0.15) is 30.4 Å². The summed E-state index contributed by atoms with van der Waals surface area (Å²) >= 11 is 0. The zero-order valence-electron chi connectivity index (χ0n) is 20.9. The van der Waals surface area contributed by atoms with Crippen LogP contribution in [0.25, 0.3) is 0 Å². The number of fused-ring (bicyclic) bond motifs is 2. The first-order valence-corrected chi connectivity index (χ1v) is 12.5. The fourth-order valence-corrected chi connectivity index (χ4v) is 5.25. The van der Waals surface area contributed by atoms with Gasteiger partial charge in [-0.15, -0.1) is 0 Å². The summed E-state index contributed by atoms with van der Waals surface area (Å²) in [6.07, 6.45) is 3.01. The number of carbonyl (C=O) groups excluding carboxylic acids is 2. The van der Waals surface area contributed by atoms with Crippen molar-refractivity contribution >= 4 is 17.5 Å². The van der Waals surface area contributed by atoms with E-state index in [1.54, 1.807) is 26.4 Å². The molecule has 1 atom stereocenters. The molecule has 1 N–H and O–H groups in total. The summed E-state index contributed by atoms with van der Waals surface area (Å²) in [6, 6.07) is 9.39. The molecule has 0 spiro atoms. The third-order valence-electron chi connectivity index (χ3n) is 7.20. The summed E-state index contributed by atoms with van der Waals surface area (Å²) in [4.78, 5) is 30.1. The standard InChI is InChI=1S/C27H33N3O6/c1-33-23-12-18-7-11-30(16-20(18)13-24(23)34-2)27(32)19-4-3-9-29(15-19)10-8-26(31)28-21-5-6-22-25(14-21)36-17-35-22/h5-6,12-14,19H,3-4,7-11,15-17H2,1-2H3,(H,28,31)/t19-/m0/s1. The summed E-state index contributed by atoms with van der Waals surface area (Å²) in [5, 5.41) is 2.93. The zero-order chi connectivity index (χ0) is 25.1. The minimum absolute atomic E-state index is 0.0441. The van der Waals surface area contributed by atoms with Crippen LogP contribution in [0.3, 0.4) is 0 Å². The molecule has 2 amide bonds. The highest BCUT2D eigenvalue weighted by atomic mass is 16.7. The van der Waals surface area contributed by atoms with E-state index >= 15 is 0 Å². The number of rotatable bonds is 7. The number of hydrogen-bond donors (Lipinski definition) is 1. The molecule has 3 aliphatic heterocycles. The Hall–Kier alpha value is -3.46. The van der Waals surface area contributed by atoms with E-state index in [0.29, 0.717) is 55.5 Å². The van der Waals surface area contributed by atoms with Crippen molar-refractivity contribution in [1.82, 2.24) is 9.80 Å². The molecule has 0 bridgehead atoms. The Kier molecular flexibility index (Phi) is 7.18. The van der Waals surface area contributed by atoms with E-state index in [2.05, 4.69) is 10.2 Å². The number of carbonyl (C=O) groups is 2. The van der Waals surface area contributed by atoms with E-state index in [1.807, 2.05) is 23.1 Å². The molecule has 0 aliphatic carbocycles. The number of hydrogen-bond acceptors (Lipinski definition) is 7. The second kappa shape index (κ2) is 10.7. The number of nitrogens with one attached hydrogen (secondary N) is 1. The van der Waals surface area contributed by atoms with Gasteiger partial charge in [0.1, 0.15) is 0 Å². The van der Waals surface area contributed by atoms with Gasteiger partial charge < -0.3 is 34.1 Å². The first-order chi connectivity index (χ1) is 17.5. The Balaban J connectivity index is 1.13. The number of anilines is 1. The highest BCUT2D eigenvalue weighted by Gasteiger charge is 2.31. The summed E-state index contributed by atoms with van der Waals surface area (Å²) in [5.41, 5.74) is 3.01. The van der Waals surface area contributed by atoms with Crippen molar-refractivity contribution in [2.45, 2.75) is 32.2 Å². The number of nitrogens with zero attached hydrogens (tertiary/aromatic N) is 2. The topological polar surface area (TPSA) is 89.6 Å². The predicted octanol–water partition coefficient (Wildman–Crippen LogP) is 3.06. The van der Waals surface area contributed by atoms with Crippen molar-refractivity contribution in [2.24, 2.45) is 5.92 Å². The number of piperidine rings is 1. The van der Waals surface area contributed by atoms with Gasteiger partial charge in [-0.25, -0.2) is 0 Å². The minimum Gasteiger partial charge on any atom is -0.493 e.